The largest absolute Gasteiger partial charge is 0.0567 e. The van der Waals surface area contributed by atoms with E-state index in [0.29, 0.717) is 11.8 Å². The van der Waals surface area contributed by atoms with Gasteiger partial charge in [-0.15, -0.1) is 0 Å². The average Bonchev–Trinajstić information content (AvgIpc) is 3.25. The maximum absolute atomic E-state index is 3.67. The fourth-order valence-electron chi connectivity index (χ4n) is 6.05. The first-order valence-electron chi connectivity index (χ1n) is 11.7. The van der Waals surface area contributed by atoms with Crippen molar-refractivity contribution in [2.45, 2.75) is 46.0 Å². The van der Waals surface area contributed by atoms with E-state index in [2.05, 4.69) is 120 Å². The Bertz CT molecular complexity index is 1330. The van der Waals surface area contributed by atoms with Crippen LogP contribution in [0.5, 0.6) is 0 Å². The summed E-state index contributed by atoms with van der Waals surface area (Å²) < 4.78 is 2.29. The van der Waals surface area contributed by atoms with Crippen LogP contribution in [0.1, 0.15) is 68.2 Å². The Labute approximate surface area is 213 Å². The monoisotopic (exact) mass is 556 g/mol. The van der Waals surface area contributed by atoms with Crippen LogP contribution in [-0.2, 0) is 0 Å². The molecule has 2 unspecified atom stereocenters. The van der Waals surface area contributed by atoms with E-state index in [1.165, 1.54) is 66.8 Å². The molecular weight excluding hydrogens is 532 g/mol. The lowest BCUT2D eigenvalue weighted by Crippen LogP contribution is -2.10. The van der Waals surface area contributed by atoms with Gasteiger partial charge in [0, 0.05) is 20.8 Å². The van der Waals surface area contributed by atoms with Gasteiger partial charge >= 0.3 is 0 Å². The van der Waals surface area contributed by atoms with Crippen LogP contribution >= 0.6 is 31.9 Å². The zero-order valence-corrected chi connectivity index (χ0v) is 22.6. The maximum Gasteiger partial charge on any atom is 0.0181 e. The van der Waals surface area contributed by atoms with Gasteiger partial charge in [-0.25, -0.2) is 0 Å². The van der Waals surface area contributed by atoms with E-state index >= 15 is 0 Å². The fraction of sp³-hybridized carbons (Fsp3) is 0.226. The second-order valence-electron chi connectivity index (χ2n) is 9.81. The van der Waals surface area contributed by atoms with Crippen molar-refractivity contribution in [1.82, 2.24) is 0 Å². The molecule has 0 fully saturated rings. The summed E-state index contributed by atoms with van der Waals surface area (Å²) in [4.78, 5) is 0. The molecule has 6 rings (SSSR count). The number of benzene rings is 2. The number of hydrogen-bond donors (Lipinski definition) is 0. The highest BCUT2D eigenvalue weighted by Crippen LogP contribution is 2.51. The Morgan fingerprint density at radius 1 is 0.636 bits per heavy atom. The van der Waals surface area contributed by atoms with E-state index in [-0.39, 0.29) is 0 Å². The predicted octanol–water partition coefficient (Wildman–Crippen LogP) is 9.82. The summed E-state index contributed by atoms with van der Waals surface area (Å²) in [6, 6.07) is 13.4. The Hall–Kier alpha value is -2.16. The predicted molar refractivity (Wildman–Crippen MR) is 147 cm³/mol. The molecule has 2 aromatic rings. The second-order valence-corrected chi connectivity index (χ2v) is 11.6. The lowest BCUT2D eigenvalue weighted by Gasteiger charge is -2.27. The molecule has 0 nitrogen and oxygen atoms in total. The minimum atomic E-state index is 0.422. The number of halogens is 2. The maximum atomic E-state index is 3.67. The van der Waals surface area contributed by atoms with Crippen molar-refractivity contribution in [3.8, 4) is 0 Å². The number of fused-ring (bicyclic) bond motifs is 4. The van der Waals surface area contributed by atoms with E-state index in [0.717, 1.165) is 15.4 Å². The Morgan fingerprint density at radius 3 is 1.48 bits per heavy atom. The Kier molecular flexibility index (Phi) is 4.98. The van der Waals surface area contributed by atoms with Crippen molar-refractivity contribution in [1.29, 1.82) is 0 Å². The van der Waals surface area contributed by atoms with Crippen LogP contribution in [0, 0.1) is 0 Å². The summed E-state index contributed by atoms with van der Waals surface area (Å²) in [6.07, 6.45) is 10.7. The third kappa shape index (κ3) is 3.29. The highest BCUT2D eigenvalue weighted by atomic mass is 79.9. The Balaban J connectivity index is 1.41. The van der Waals surface area contributed by atoms with Crippen molar-refractivity contribution >= 4 is 44.0 Å². The molecule has 0 aromatic heterocycles. The lowest BCUT2D eigenvalue weighted by molar-refractivity contribution is 0.888. The summed E-state index contributed by atoms with van der Waals surface area (Å²) in [5.74, 6) is 0.845. The standard InChI is InChI=1S/C31H26Br2/c1-16-9-28-18(3)24-7-5-22(32)11-20(24)13-30(28)26(16)15-27-17(2)10-29-19(4)25-8-6-23(33)12-21(25)14-31(27)29/h5-14,18-19H,15H2,1-4H3. The molecule has 2 atom stereocenters. The summed E-state index contributed by atoms with van der Waals surface area (Å²) in [7, 11) is 0. The second kappa shape index (κ2) is 7.68. The molecule has 164 valence electrons. The van der Waals surface area contributed by atoms with Crippen LogP contribution in [0.3, 0.4) is 0 Å². The van der Waals surface area contributed by atoms with Crippen molar-refractivity contribution in [3.63, 3.8) is 0 Å². The van der Waals surface area contributed by atoms with Gasteiger partial charge in [0.15, 0.2) is 0 Å². The smallest absolute Gasteiger partial charge is 0.0181 e. The van der Waals surface area contributed by atoms with Crippen molar-refractivity contribution in [2.24, 2.45) is 0 Å². The topological polar surface area (TPSA) is 0 Å². The first-order valence-corrected chi connectivity index (χ1v) is 13.3. The normalized spacial score (nSPS) is 22.8. The summed E-state index contributed by atoms with van der Waals surface area (Å²) in [6.45, 7) is 9.28. The van der Waals surface area contributed by atoms with Crippen molar-refractivity contribution in [3.05, 3.63) is 124 Å². The van der Waals surface area contributed by atoms with E-state index in [9.17, 15) is 0 Å². The first-order chi connectivity index (χ1) is 15.8. The van der Waals surface area contributed by atoms with E-state index in [4.69, 9.17) is 0 Å². The summed E-state index contributed by atoms with van der Waals surface area (Å²) >= 11 is 7.34. The quantitative estimate of drug-likeness (QED) is 0.344. The minimum absolute atomic E-state index is 0.422. The molecule has 0 aliphatic heterocycles. The molecule has 0 bridgehead atoms. The molecule has 0 N–H and O–H groups in total. The Morgan fingerprint density at radius 2 is 1.06 bits per heavy atom. The third-order valence-corrected chi connectivity index (χ3v) is 8.87. The van der Waals surface area contributed by atoms with Gasteiger partial charge in [-0.3, -0.25) is 0 Å². The molecule has 2 aromatic carbocycles. The summed E-state index contributed by atoms with van der Waals surface area (Å²) in [5, 5.41) is 0. The first kappa shape index (κ1) is 21.4. The minimum Gasteiger partial charge on any atom is -0.0567 e. The molecule has 0 saturated carbocycles. The molecule has 0 amide bonds. The molecule has 4 aliphatic rings. The third-order valence-electron chi connectivity index (χ3n) is 7.89. The van der Waals surface area contributed by atoms with Gasteiger partial charge in [-0.2, -0.15) is 0 Å². The molecular formula is C31H26Br2. The highest BCUT2D eigenvalue weighted by Gasteiger charge is 2.33. The van der Waals surface area contributed by atoms with E-state index in [1.54, 1.807) is 0 Å². The zero-order valence-electron chi connectivity index (χ0n) is 19.4. The van der Waals surface area contributed by atoms with E-state index < -0.39 is 0 Å². The molecule has 0 saturated heterocycles. The SMILES string of the molecule is CC1=C(CC2=C(C)C=C3C2=Cc2cc(Br)ccc2C3C)C2=Cc3cc(Br)ccc3C(C)C2=C1. The number of hydrogen-bond acceptors (Lipinski definition) is 0. The molecule has 4 aliphatic carbocycles. The molecule has 2 heteroatoms. The van der Waals surface area contributed by atoms with Crippen molar-refractivity contribution in [2.75, 3.05) is 0 Å². The van der Waals surface area contributed by atoms with Gasteiger partial charge in [-0.1, -0.05) is 70.0 Å². The van der Waals surface area contributed by atoms with Crippen LogP contribution < -0.4 is 0 Å². The molecule has 33 heavy (non-hydrogen) atoms. The van der Waals surface area contributed by atoms with Crippen LogP contribution in [0.4, 0.5) is 0 Å². The fourth-order valence-corrected chi connectivity index (χ4v) is 6.81. The van der Waals surface area contributed by atoms with Crippen LogP contribution in [0.15, 0.2) is 102 Å². The van der Waals surface area contributed by atoms with Gasteiger partial charge < -0.3 is 0 Å². The summed E-state index contributed by atoms with van der Waals surface area (Å²) in [5.41, 5.74) is 17.2. The van der Waals surface area contributed by atoms with Gasteiger partial charge in [-0.05, 0) is 124 Å². The van der Waals surface area contributed by atoms with Crippen molar-refractivity contribution < 1.29 is 0 Å². The highest BCUT2D eigenvalue weighted by molar-refractivity contribution is 9.10. The van der Waals surface area contributed by atoms with E-state index in [1.807, 2.05) is 0 Å². The zero-order chi connectivity index (χ0) is 23.0. The number of rotatable bonds is 2. The van der Waals surface area contributed by atoms with Gasteiger partial charge in [0.05, 0.1) is 0 Å². The molecule has 0 spiro atoms. The average molecular weight is 558 g/mol. The molecule has 0 radical (unpaired) electrons. The molecule has 0 heterocycles. The number of allylic oxidation sites excluding steroid dienone is 10. The van der Waals surface area contributed by atoms with Gasteiger partial charge in [0.25, 0.3) is 0 Å². The van der Waals surface area contributed by atoms with Gasteiger partial charge in [0.1, 0.15) is 0 Å². The van der Waals surface area contributed by atoms with Crippen LogP contribution in [0.25, 0.3) is 12.2 Å². The van der Waals surface area contributed by atoms with Crippen LogP contribution in [0.2, 0.25) is 0 Å². The van der Waals surface area contributed by atoms with Gasteiger partial charge in [0.2, 0.25) is 0 Å². The van der Waals surface area contributed by atoms with Crippen LogP contribution in [-0.4, -0.2) is 0 Å². The lowest BCUT2D eigenvalue weighted by atomic mass is 9.77.